The lowest BCUT2D eigenvalue weighted by Gasteiger charge is -2.25. The zero-order chi connectivity index (χ0) is 23.8. The van der Waals surface area contributed by atoms with Gasteiger partial charge in [-0.3, -0.25) is 0 Å². The summed E-state index contributed by atoms with van der Waals surface area (Å²) in [6.45, 7) is 2.07. The third kappa shape index (κ3) is 3.53. The van der Waals surface area contributed by atoms with Crippen LogP contribution in [0.25, 0.3) is 27.5 Å². The summed E-state index contributed by atoms with van der Waals surface area (Å²) >= 11 is 0. The average Bonchev–Trinajstić information content (AvgIpc) is 3.24. The maximum atomic E-state index is 9.34. The molecule has 0 radical (unpaired) electrons. The Hall–Kier alpha value is -4.81. The Labute approximate surface area is 204 Å². The number of fused-ring (bicyclic) bond motifs is 3. The highest BCUT2D eigenvalue weighted by molar-refractivity contribution is 6.10. The second-order valence-corrected chi connectivity index (χ2v) is 8.67. The molecule has 0 saturated carbocycles. The van der Waals surface area contributed by atoms with Crippen LogP contribution in [-0.2, 0) is 0 Å². The molecule has 0 unspecified atom stereocenters. The van der Waals surface area contributed by atoms with Crippen molar-refractivity contribution in [1.29, 1.82) is 5.26 Å². The van der Waals surface area contributed by atoms with Gasteiger partial charge in [0.15, 0.2) is 0 Å². The van der Waals surface area contributed by atoms with Gasteiger partial charge in [-0.05, 0) is 79.2 Å². The maximum absolute atomic E-state index is 9.34. The Morgan fingerprint density at radius 1 is 0.600 bits per heavy atom. The standard InChI is InChI=1S/C32H23N3/c1-23-20-24(22-33)16-18-30(23)35-31-15-9-8-14-28(31)29-21-27(17-19-32(29)35)34(25-10-4-2-5-11-25)26-12-6-3-7-13-26/h2-21H,1H3. The summed E-state index contributed by atoms with van der Waals surface area (Å²) in [5.41, 5.74) is 8.47. The van der Waals surface area contributed by atoms with Crippen LogP contribution in [0.2, 0.25) is 0 Å². The Morgan fingerprint density at radius 3 is 1.89 bits per heavy atom. The van der Waals surface area contributed by atoms with Crippen molar-refractivity contribution >= 4 is 38.9 Å². The van der Waals surface area contributed by atoms with E-state index in [2.05, 4.69) is 113 Å². The second-order valence-electron chi connectivity index (χ2n) is 8.67. The van der Waals surface area contributed by atoms with E-state index in [1.54, 1.807) is 0 Å². The lowest BCUT2D eigenvalue weighted by Crippen LogP contribution is -2.09. The highest BCUT2D eigenvalue weighted by atomic mass is 15.1. The van der Waals surface area contributed by atoms with Crippen LogP contribution < -0.4 is 4.90 Å². The number of hydrogen-bond acceptors (Lipinski definition) is 2. The fraction of sp³-hybridized carbons (Fsp3) is 0.0312. The molecule has 1 aromatic heterocycles. The number of aromatic nitrogens is 1. The number of rotatable bonds is 4. The third-order valence-corrected chi connectivity index (χ3v) is 6.51. The molecule has 0 spiro atoms. The lowest BCUT2D eigenvalue weighted by atomic mass is 10.1. The number of nitrogens with zero attached hydrogens (tertiary/aromatic N) is 3. The Morgan fingerprint density at radius 2 is 1.23 bits per heavy atom. The van der Waals surface area contributed by atoms with E-state index in [-0.39, 0.29) is 0 Å². The highest BCUT2D eigenvalue weighted by Gasteiger charge is 2.17. The molecular formula is C32H23N3. The first-order valence-corrected chi connectivity index (χ1v) is 11.7. The van der Waals surface area contributed by atoms with Gasteiger partial charge in [-0.1, -0.05) is 54.6 Å². The molecule has 6 aromatic rings. The molecule has 0 amide bonds. The summed E-state index contributed by atoms with van der Waals surface area (Å²) < 4.78 is 2.31. The SMILES string of the molecule is Cc1cc(C#N)ccc1-n1c2ccccc2c2cc(N(c3ccccc3)c3ccccc3)ccc21. The molecule has 0 aliphatic heterocycles. The van der Waals surface area contributed by atoms with Crippen molar-refractivity contribution in [3.63, 3.8) is 0 Å². The monoisotopic (exact) mass is 449 g/mol. The number of para-hydroxylation sites is 3. The number of aryl methyl sites for hydroxylation is 1. The van der Waals surface area contributed by atoms with Crippen LogP contribution in [0.1, 0.15) is 11.1 Å². The average molecular weight is 450 g/mol. The zero-order valence-corrected chi connectivity index (χ0v) is 19.4. The van der Waals surface area contributed by atoms with Crippen molar-refractivity contribution < 1.29 is 0 Å². The normalized spacial score (nSPS) is 11.0. The minimum atomic E-state index is 0.677. The maximum Gasteiger partial charge on any atom is 0.0991 e. The molecule has 0 aliphatic carbocycles. The van der Waals surface area contributed by atoms with E-state index in [1.165, 1.54) is 10.8 Å². The lowest BCUT2D eigenvalue weighted by molar-refractivity contribution is 1.15. The molecule has 0 bridgehead atoms. The number of nitriles is 1. The minimum Gasteiger partial charge on any atom is -0.310 e. The summed E-state index contributed by atoms with van der Waals surface area (Å²) in [7, 11) is 0. The zero-order valence-electron chi connectivity index (χ0n) is 19.4. The fourth-order valence-corrected chi connectivity index (χ4v) is 4.94. The van der Waals surface area contributed by atoms with Gasteiger partial charge in [0.2, 0.25) is 0 Å². The van der Waals surface area contributed by atoms with Crippen LogP contribution in [0.5, 0.6) is 0 Å². The molecule has 35 heavy (non-hydrogen) atoms. The van der Waals surface area contributed by atoms with E-state index in [9.17, 15) is 5.26 Å². The molecule has 166 valence electrons. The van der Waals surface area contributed by atoms with Crippen molar-refractivity contribution in [1.82, 2.24) is 4.57 Å². The first kappa shape index (κ1) is 20.8. The second kappa shape index (κ2) is 8.52. The first-order chi connectivity index (χ1) is 17.2. The van der Waals surface area contributed by atoms with Gasteiger partial charge >= 0.3 is 0 Å². The van der Waals surface area contributed by atoms with E-state index >= 15 is 0 Å². The fourth-order valence-electron chi connectivity index (χ4n) is 4.94. The molecular weight excluding hydrogens is 426 g/mol. The van der Waals surface area contributed by atoms with Crippen LogP contribution in [0.4, 0.5) is 17.1 Å². The van der Waals surface area contributed by atoms with Gasteiger partial charge in [-0.2, -0.15) is 5.26 Å². The van der Waals surface area contributed by atoms with Gasteiger partial charge in [0.05, 0.1) is 22.7 Å². The predicted molar refractivity (Wildman–Crippen MR) is 145 cm³/mol. The molecule has 0 saturated heterocycles. The van der Waals surface area contributed by atoms with Gasteiger partial charge in [-0.25, -0.2) is 0 Å². The molecule has 0 fully saturated rings. The molecule has 1 heterocycles. The van der Waals surface area contributed by atoms with Crippen LogP contribution in [0.15, 0.2) is 121 Å². The quantitative estimate of drug-likeness (QED) is 0.270. The van der Waals surface area contributed by atoms with E-state index in [1.807, 2.05) is 30.3 Å². The van der Waals surface area contributed by atoms with Crippen LogP contribution in [-0.4, -0.2) is 4.57 Å². The number of benzene rings is 5. The molecule has 5 aromatic carbocycles. The summed E-state index contributed by atoms with van der Waals surface area (Å²) in [5.74, 6) is 0. The van der Waals surface area contributed by atoms with Gasteiger partial charge in [-0.15, -0.1) is 0 Å². The molecule has 0 atom stereocenters. The number of hydrogen-bond donors (Lipinski definition) is 0. The van der Waals surface area contributed by atoms with Crippen LogP contribution >= 0.6 is 0 Å². The van der Waals surface area contributed by atoms with E-state index in [4.69, 9.17) is 0 Å². The summed E-state index contributed by atoms with van der Waals surface area (Å²) in [4.78, 5) is 2.29. The van der Waals surface area contributed by atoms with E-state index in [0.29, 0.717) is 5.56 Å². The number of anilines is 3. The van der Waals surface area contributed by atoms with Gasteiger partial charge in [0.25, 0.3) is 0 Å². The van der Waals surface area contributed by atoms with E-state index < -0.39 is 0 Å². The van der Waals surface area contributed by atoms with Crippen LogP contribution in [0, 0.1) is 18.3 Å². The summed E-state index contributed by atoms with van der Waals surface area (Å²) in [6.07, 6.45) is 0. The summed E-state index contributed by atoms with van der Waals surface area (Å²) in [6, 6.07) is 44.3. The molecule has 3 heteroatoms. The molecule has 0 N–H and O–H groups in total. The largest absolute Gasteiger partial charge is 0.310 e. The van der Waals surface area contributed by atoms with Crippen molar-refractivity contribution in [2.75, 3.05) is 4.90 Å². The van der Waals surface area contributed by atoms with Gasteiger partial charge in [0.1, 0.15) is 0 Å². The van der Waals surface area contributed by atoms with Gasteiger partial charge in [0, 0.05) is 33.5 Å². The Bertz CT molecular complexity index is 1670. The van der Waals surface area contributed by atoms with Crippen molar-refractivity contribution in [2.24, 2.45) is 0 Å². The minimum absolute atomic E-state index is 0.677. The van der Waals surface area contributed by atoms with Crippen molar-refractivity contribution in [3.8, 4) is 11.8 Å². The molecule has 0 aliphatic rings. The van der Waals surface area contributed by atoms with Crippen molar-refractivity contribution in [2.45, 2.75) is 6.92 Å². The predicted octanol–water partition coefficient (Wildman–Crippen LogP) is 8.43. The topological polar surface area (TPSA) is 32.0 Å². The highest BCUT2D eigenvalue weighted by Crippen LogP contribution is 2.39. The Balaban J connectivity index is 1.61. The molecule has 6 rings (SSSR count). The van der Waals surface area contributed by atoms with Gasteiger partial charge < -0.3 is 9.47 Å². The Kier molecular flexibility index (Phi) is 5.05. The van der Waals surface area contributed by atoms with E-state index in [0.717, 1.165) is 39.3 Å². The van der Waals surface area contributed by atoms with Crippen LogP contribution in [0.3, 0.4) is 0 Å². The molecule has 3 nitrogen and oxygen atoms in total. The first-order valence-electron chi connectivity index (χ1n) is 11.7. The smallest absolute Gasteiger partial charge is 0.0991 e. The van der Waals surface area contributed by atoms with Crippen molar-refractivity contribution in [3.05, 3.63) is 132 Å². The summed E-state index contributed by atoms with van der Waals surface area (Å²) in [5, 5.41) is 11.7. The third-order valence-electron chi connectivity index (χ3n) is 6.51.